The van der Waals surface area contributed by atoms with Crippen LogP contribution in [0.15, 0.2) is 42.5 Å². The second kappa shape index (κ2) is 14.6. The molecule has 5 heteroatoms. The zero-order chi connectivity index (χ0) is 25.0. The van der Waals surface area contributed by atoms with E-state index < -0.39 is 0 Å². The van der Waals surface area contributed by atoms with Crippen LogP contribution in [0.25, 0.3) is 0 Å². The van der Waals surface area contributed by atoms with Crippen LogP contribution in [0.5, 0.6) is 11.5 Å². The summed E-state index contributed by atoms with van der Waals surface area (Å²) in [5.41, 5.74) is 2.76. The Morgan fingerprint density at radius 3 is 2.29 bits per heavy atom. The number of ether oxygens (including phenoxy) is 2. The maximum atomic E-state index is 6.22. The Balaban J connectivity index is 1.99. The number of unbranched alkanes of at least 4 members (excludes halogenated alkanes) is 1. The monoisotopic (exact) mass is 488 g/mol. The van der Waals surface area contributed by atoms with Crippen LogP contribution < -0.4 is 14.8 Å². The van der Waals surface area contributed by atoms with Gasteiger partial charge in [-0.05, 0) is 87.1 Å². The van der Waals surface area contributed by atoms with Crippen molar-refractivity contribution in [2.45, 2.75) is 58.3 Å². The molecular formula is C29H45ClN2O2. The molecule has 0 aliphatic heterocycles. The van der Waals surface area contributed by atoms with E-state index in [2.05, 4.69) is 62.3 Å². The highest BCUT2D eigenvalue weighted by atomic mass is 35.5. The van der Waals surface area contributed by atoms with Crippen molar-refractivity contribution in [3.63, 3.8) is 0 Å². The van der Waals surface area contributed by atoms with Gasteiger partial charge >= 0.3 is 0 Å². The first-order chi connectivity index (χ1) is 16.4. The minimum absolute atomic E-state index is 0.0997. The molecule has 2 aromatic rings. The standard InChI is InChI=1S/C29H45ClN2O2/c1-7-8-18-31-22-29(23(2)3,25-11-13-26(30)14-12-25)17-9-19-32(4)20-16-24-10-15-27(33-5)28(21-24)34-6/h10-15,21,23,31H,7-9,16-20,22H2,1-6H3. The van der Waals surface area contributed by atoms with Crippen LogP contribution in [0.1, 0.15) is 57.6 Å². The zero-order valence-corrected chi connectivity index (χ0v) is 22.9. The van der Waals surface area contributed by atoms with Crippen LogP contribution in [0.4, 0.5) is 0 Å². The fraction of sp³-hybridized carbons (Fsp3) is 0.586. The Morgan fingerprint density at radius 2 is 1.68 bits per heavy atom. The molecule has 4 nitrogen and oxygen atoms in total. The van der Waals surface area contributed by atoms with Crippen molar-refractivity contribution in [3.8, 4) is 11.5 Å². The van der Waals surface area contributed by atoms with Gasteiger partial charge in [-0.25, -0.2) is 0 Å². The van der Waals surface area contributed by atoms with Crippen LogP contribution in [-0.2, 0) is 11.8 Å². The van der Waals surface area contributed by atoms with Gasteiger partial charge in [0.2, 0.25) is 0 Å². The highest BCUT2D eigenvalue weighted by Crippen LogP contribution is 2.37. The molecule has 1 atom stereocenters. The van der Waals surface area contributed by atoms with Crippen LogP contribution in [0.2, 0.25) is 5.02 Å². The van der Waals surface area contributed by atoms with Gasteiger partial charge in [-0.2, -0.15) is 0 Å². The molecule has 0 heterocycles. The molecular weight excluding hydrogens is 444 g/mol. The van der Waals surface area contributed by atoms with E-state index in [9.17, 15) is 0 Å². The summed E-state index contributed by atoms with van der Waals surface area (Å²) in [6, 6.07) is 14.7. The molecule has 1 N–H and O–H groups in total. The lowest BCUT2D eigenvalue weighted by atomic mass is 9.68. The second-order valence-electron chi connectivity index (χ2n) is 9.69. The molecule has 0 amide bonds. The zero-order valence-electron chi connectivity index (χ0n) is 22.1. The molecule has 0 aliphatic carbocycles. The Morgan fingerprint density at radius 1 is 0.971 bits per heavy atom. The van der Waals surface area contributed by atoms with Crippen LogP contribution >= 0.6 is 11.6 Å². The van der Waals surface area contributed by atoms with Crippen LogP contribution in [0.3, 0.4) is 0 Å². The Kier molecular flexibility index (Phi) is 12.2. The van der Waals surface area contributed by atoms with Gasteiger partial charge < -0.3 is 19.7 Å². The first-order valence-electron chi connectivity index (χ1n) is 12.7. The van der Waals surface area contributed by atoms with E-state index >= 15 is 0 Å². The Bertz CT molecular complexity index is 841. The molecule has 1 unspecified atom stereocenters. The molecule has 0 bridgehead atoms. The lowest BCUT2D eigenvalue weighted by Crippen LogP contribution is -2.43. The third-order valence-corrected chi connectivity index (χ3v) is 7.32. The average Bonchev–Trinajstić information content (AvgIpc) is 2.84. The van der Waals surface area contributed by atoms with Gasteiger partial charge in [0.1, 0.15) is 0 Å². The molecule has 0 radical (unpaired) electrons. The molecule has 0 aliphatic rings. The van der Waals surface area contributed by atoms with Crippen molar-refractivity contribution in [2.75, 3.05) is 47.4 Å². The summed E-state index contributed by atoms with van der Waals surface area (Å²) in [5, 5.41) is 4.56. The number of likely N-dealkylation sites (N-methyl/N-ethyl adjacent to an activating group) is 1. The predicted octanol–water partition coefficient (Wildman–Crippen LogP) is 6.60. The molecule has 34 heavy (non-hydrogen) atoms. The first-order valence-corrected chi connectivity index (χ1v) is 13.1. The van der Waals surface area contributed by atoms with Gasteiger partial charge in [0, 0.05) is 23.5 Å². The number of hydrogen-bond donors (Lipinski definition) is 1. The minimum atomic E-state index is 0.0997. The van der Waals surface area contributed by atoms with Gasteiger partial charge in [0.05, 0.1) is 14.2 Å². The van der Waals surface area contributed by atoms with E-state index in [1.807, 2.05) is 18.2 Å². The highest BCUT2D eigenvalue weighted by Gasteiger charge is 2.35. The normalized spacial score (nSPS) is 13.3. The highest BCUT2D eigenvalue weighted by molar-refractivity contribution is 6.30. The summed E-state index contributed by atoms with van der Waals surface area (Å²) in [6.07, 6.45) is 5.72. The second-order valence-corrected chi connectivity index (χ2v) is 10.1. The fourth-order valence-corrected chi connectivity index (χ4v) is 4.81. The van der Waals surface area contributed by atoms with E-state index in [0.29, 0.717) is 5.92 Å². The fourth-order valence-electron chi connectivity index (χ4n) is 4.69. The molecule has 0 saturated carbocycles. The van der Waals surface area contributed by atoms with Crippen molar-refractivity contribution < 1.29 is 9.47 Å². The molecule has 0 spiro atoms. The third kappa shape index (κ3) is 8.18. The predicted molar refractivity (Wildman–Crippen MR) is 146 cm³/mol. The summed E-state index contributed by atoms with van der Waals surface area (Å²) in [4.78, 5) is 2.44. The summed E-state index contributed by atoms with van der Waals surface area (Å²) in [6.45, 7) is 11.1. The lowest BCUT2D eigenvalue weighted by molar-refractivity contribution is 0.242. The Hall–Kier alpha value is -1.75. The summed E-state index contributed by atoms with van der Waals surface area (Å²) in [5.74, 6) is 2.10. The minimum Gasteiger partial charge on any atom is -0.493 e. The quantitative estimate of drug-likeness (QED) is 0.270. The third-order valence-electron chi connectivity index (χ3n) is 7.06. The Labute approximate surface area is 213 Å². The first kappa shape index (κ1) is 28.5. The summed E-state index contributed by atoms with van der Waals surface area (Å²) in [7, 11) is 5.58. The van der Waals surface area contributed by atoms with E-state index in [0.717, 1.165) is 62.0 Å². The maximum absolute atomic E-state index is 6.22. The topological polar surface area (TPSA) is 33.7 Å². The SMILES string of the molecule is CCCCNCC(CCCN(C)CCc1ccc(OC)c(OC)c1)(c1ccc(Cl)cc1)C(C)C. The van der Waals surface area contributed by atoms with Gasteiger partial charge in [0.15, 0.2) is 11.5 Å². The van der Waals surface area contributed by atoms with E-state index in [1.165, 1.54) is 24.0 Å². The molecule has 2 aromatic carbocycles. The van der Waals surface area contributed by atoms with Gasteiger partial charge in [-0.3, -0.25) is 0 Å². The van der Waals surface area contributed by atoms with E-state index in [-0.39, 0.29) is 5.41 Å². The number of methoxy groups -OCH3 is 2. The van der Waals surface area contributed by atoms with E-state index in [1.54, 1.807) is 14.2 Å². The molecule has 190 valence electrons. The summed E-state index contributed by atoms with van der Waals surface area (Å²) < 4.78 is 10.8. The average molecular weight is 489 g/mol. The van der Waals surface area contributed by atoms with Gasteiger partial charge in [0.25, 0.3) is 0 Å². The van der Waals surface area contributed by atoms with Gasteiger partial charge in [-0.15, -0.1) is 0 Å². The van der Waals surface area contributed by atoms with Crippen LogP contribution in [-0.4, -0.2) is 52.3 Å². The number of nitrogens with one attached hydrogen (secondary N) is 1. The number of halogens is 1. The summed E-state index contributed by atoms with van der Waals surface area (Å²) >= 11 is 6.22. The van der Waals surface area contributed by atoms with E-state index in [4.69, 9.17) is 21.1 Å². The van der Waals surface area contributed by atoms with Crippen molar-refractivity contribution in [1.29, 1.82) is 0 Å². The van der Waals surface area contributed by atoms with Crippen molar-refractivity contribution in [2.24, 2.45) is 5.92 Å². The smallest absolute Gasteiger partial charge is 0.160 e. The molecule has 2 rings (SSSR count). The largest absolute Gasteiger partial charge is 0.493 e. The van der Waals surface area contributed by atoms with Crippen molar-refractivity contribution in [1.82, 2.24) is 10.2 Å². The molecule has 0 fully saturated rings. The van der Waals surface area contributed by atoms with Crippen LogP contribution in [0, 0.1) is 5.92 Å². The molecule has 0 aromatic heterocycles. The van der Waals surface area contributed by atoms with Crippen molar-refractivity contribution in [3.05, 3.63) is 58.6 Å². The number of nitrogens with zero attached hydrogens (tertiary/aromatic N) is 1. The number of rotatable bonds is 16. The van der Waals surface area contributed by atoms with Gasteiger partial charge in [-0.1, -0.05) is 57.0 Å². The lowest BCUT2D eigenvalue weighted by Gasteiger charge is -2.39. The van der Waals surface area contributed by atoms with Crippen molar-refractivity contribution >= 4 is 11.6 Å². The maximum Gasteiger partial charge on any atom is 0.160 e. The molecule has 0 saturated heterocycles. The number of hydrogen-bond acceptors (Lipinski definition) is 4. The number of benzene rings is 2.